The molecule has 1 amide bonds. The lowest BCUT2D eigenvalue weighted by molar-refractivity contribution is -0.177. The Hall–Kier alpha value is -1.72. The highest BCUT2D eigenvalue weighted by atomic mass is 79.9. The van der Waals surface area contributed by atoms with E-state index in [9.17, 15) is 18.0 Å². The number of carbonyl (C=O) groups is 1. The first-order valence-corrected chi connectivity index (χ1v) is 13.1. The number of anilines is 1. The van der Waals surface area contributed by atoms with Gasteiger partial charge in [-0.05, 0) is 81.4 Å². The van der Waals surface area contributed by atoms with Crippen LogP contribution in [0.1, 0.15) is 58.9 Å². The molecule has 1 aromatic carbocycles. The Labute approximate surface area is 218 Å². The first-order valence-electron chi connectivity index (χ1n) is 12.3. The highest BCUT2D eigenvalue weighted by molar-refractivity contribution is 9.10. The molecule has 1 aromatic rings. The molecule has 4 rings (SSSR count). The van der Waals surface area contributed by atoms with Gasteiger partial charge < -0.3 is 23.8 Å². The van der Waals surface area contributed by atoms with Crippen LogP contribution in [0.15, 0.2) is 16.6 Å². The van der Waals surface area contributed by atoms with Crippen LogP contribution in [0.2, 0.25) is 0 Å². The van der Waals surface area contributed by atoms with Gasteiger partial charge in [-0.3, -0.25) is 4.90 Å². The highest BCUT2D eigenvalue weighted by Gasteiger charge is 2.49. The average Bonchev–Trinajstić information content (AvgIpc) is 3.14. The van der Waals surface area contributed by atoms with Crippen LogP contribution in [-0.2, 0) is 20.4 Å². The van der Waals surface area contributed by atoms with Gasteiger partial charge in [0.1, 0.15) is 18.0 Å². The molecule has 3 aliphatic rings. The maximum absolute atomic E-state index is 13.4. The van der Waals surface area contributed by atoms with Crippen molar-refractivity contribution in [3.05, 3.63) is 22.2 Å². The number of alkyl halides is 3. The number of amides is 1. The van der Waals surface area contributed by atoms with E-state index >= 15 is 0 Å². The smallest absolute Gasteiger partial charge is 0.416 e. The minimum Gasteiger partial charge on any atom is -0.490 e. The van der Waals surface area contributed by atoms with Crippen molar-refractivity contribution >= 4 is 27.7 Å². The minimum absolute atomic E-state index is 0.172. The van der Waals surface area contributed by atoms with Crippen molar-refractivity contribution in [2.45, 2.75) is 83.0 Å². The van der Waals surface area contributed by atoms with E-state index in [0.29, 0.717) is 36.3 Å². The van der Waals surface area contributed by atoms with Gasteiger partial charge >= 0.3 is 12.3 Å². The van der Waals surface area contributed by atoms with Crippen LogP contribution in [-0.4, -0.2) is 67.4 Å². The molecule has 2 saturated heterocycles. The highest BCUT2D eigenvalue weighted by Crippen LogP contribution is 2.46. The molecule has 0 N–H and O–H groups in total. The molecule has 36 heavy (non-hydrogen) atoms. The van der Waals surface area contributed by atoms with E-state index in [1.807, 2.05) is 32.6 Å². The van der Waals surface area contributed by atoms with Gasteiger partial charge in [0.15, 0.2) is 6.29 Å². The van der Waals surface area contributed by atoms with Crippen LogP contribution in [0.5, 0.6) is 5.75 Å². The number of rotatable bonds is 4. The third kappa shape index (κ3) is 6.05. The van der Waals surface area contributed by atoms with Gasteiger partial charge in [0.25, 0.3) is 0 Å². The zero-order valence-electron chi connectivity index (χ0n) is 21.1. The standard InChI is InChI=1S/C25H34BrF3N2O5/c1-23(2,3)36-22(32)31-14-17(13-24(31,4)15-35-20-7-5-6-9-34-20)30-8-10-33-19-12-16(25(27,28)29)11-18(26)21(19)30/h11-12,17,20H,5-10,13-15H2,1-4H3/t17-,20-,24-/m0/s1. The Morgan fingerprint density at radius 1 is 1.22 bits per heavy atom. The predicted molar refractivity (Wildman–Crippen MR) is 131 cm³/mol. The second-order valence-corrected chi connectivity index (χ2v) is 11.8. The molecule has 202 valence electrons. The van der Waals surface area contributed by atoms with Crippen molar-refractivity contribution in [2.24, 2.45) is 0 Å². The number of likely N-dealkylation sites (tertiary alicyclic amines) is 1. The molecule has 0 aliphatic carbocycles. The molecule has 0 spiro atoms. The van der Waals surface area contributed by atoms with Gasteiger partial charge in [-0.25, -0.2) is 4.79 Å². The zero-order chi connectivity index (χ0) is 26.3. The topological polar surface area (TPSA) is 60.5 Å². The third-order valence-corrected chi connectivity index (χ3v) is 7.33. The van der Waals surface area contributed by atoms with Crippen LogP contribution < -0.4 is 9.64 Å². The molecule has 11 heteroatoms. The van der Waals surface area contributed by atoms with Gasteiger partial charge in [0.05, 0.1) is 29.9 Å². The van der Waals surface area contributed by atoms with E-state index in [0.717, 1.165) is 31.4 Å². The van der Waals surface area contributed by atoms with Crippen LogP contribution in [0, 0.1) is 0 Å². The van der Waals surface area contributed by atoms with E-state index in [1.54, 1.807) is 4.90 Å². The summed E-state index contributed by atoms with van der Waals surface area (Å²) in [7, 11) is 0. The molecule has 0 aromatic heterocycles. The number of halogens is 4. The summed E-state index contributed by atoms with van der Waals surface area (Å²) in [5.41, 5.74) is -1.58. The average molecular weight is 579 g/mol. The number of nitrogens with zero attached hydrogens (tertiary/aromatic N) is 2. The van der Waals surface area contributed by atoms with Crippen molar-refractivity contribution in [3.63, 3.8) is 0 Å². The number of benzene rings is 1. The summed E-state index contributed by atoms with van der Waals surface area (Å²) in [5, 5.41) is 0. The number of ether oxygens (including phenoxy) is 4. The number of hydrogen-bond acceptors (Lipinski definition) is 6. The monoisotopic (exact) mass is 578 g/mol. The number of carbonyl (C=O) groups excluding carboxylic acids is 1. The summed E-state index contributed by atoms with van der Waals surface area (Å²) < 4.78 is 63.6. The molecule has 3 aliphatic heterocycles. The molecular weight excluding hydrogens is 545 g/mol. The normalized spacial score (nSPS) is 27.0. The van der Waals surface area contributed by atoms with Gasteiger partial charge in [-0.15, -0.1) is 0 Å². The Kier molecular flexibility index (Phi) is 7.75. The Morgan fingerprint density at radius 3 is 2.61 bits per heavy atom. The summed E-state index contributed by atoms with van der Waals surface area (Å²) in [6, 6.07) is 1.94. The van der Waals surface area contributed by atoms with Crippen LogP contribution >= 0.6 is 15.9 Å². The maximum Gasteiger partial charge on any atom is 0.416 e. The Bertz CT molecular complexity index is 964. The third-order valence-electron chi connectivity index (χ3n) is 6.73. The lowest BCUT2D eigenvalue weighted by Crippen LogP contribution is -2.50. The van der Waals surface area contributed by atoms with E-state index in [4.69, 9.17) is 18.9 Å². The fourth-order valence-corrected chi connectivity index (χ4v) is 5.71. The Morgan fingerprint density at radius 2 is 1.97 bits per heavy atom. The molecule has 0 radical (unpaired) electrons. The lowest BCUT2D eigenvalue weighted by Gasteiger charge is -2.37. The summed E-state index contributed by atoms with van der Waals surface area (Å²) in [4.78, 5) is 17.0. The summed E-state index contributed by atoms with van der Waals surface area (Å²) in [6.45, 7) is 9.38. The van der Waals surface area contributed by atoms with Crippen molar-refractivity contribution < 1.29 is 36.9 Å². The SMILES string of the molecule is CC(C)(C)OC(=O)N1C[C@@H](N2CCOc3cc(C(F)(F)F)cc(Br)c32)C[C@@]1(C)CO[C@H]1CCCCO1. The minimum atomic E-state index is -4.48. The number of fused-ring (bicyclic) bond motifs is 1. The van der Waals surface area contributed by atoms with Gasteiger partial charge in [0, 0.05) is 23.7 Å². The van der Waals surface area contributed by atoms with Crippen molar-refractivity contribution in [1.29, 1.82) is 0 Å². The lowest BCUT2D eigenvalue weighted by atomic mass is 9.97. The maximum atomic E-state index is 13.4. The van der Waals surface area contributed by atoms with Crippen molar-refractivity contribution in [3.8, 4) is 5.75 Å². The Balaban J connectivity index is 1.60. The largest absolute Gasteiger partial charge is 0.490 e. The molecule has 3 heterocycles. The molecule has 0 unspecified atom stereocenters. The molecule has 3 atom stereocenters. The van der Waals surface area contributed by atoms with Crippen LogP contribution in [0.3, 0.4) is 0 Å². The quantitative estimate of drug-likeness (QED) is 0.438. The number of hydrogen-bond donors (Lipinski definition) is 0. The van der Waals surface area contributed by atoms with E-state index < -0.39 is 29.0 Å². The fraction of sp³-hybridized carbons (Fsp3) is 0.720. The molecule has 0 bridgehead atoms. The summed E-state index contributed by atoms with van der Waals surface area (Å²) >= 11 is 3.34. The van der Waals surface area contributed by atoms with Crippen molar-refractivity contribution in [2.75, 3.05) is 37.8 Å². The zero-order valence-corrected chi connectivity index (χ0v) is 22.7. The van der Waals surface area contributed by atoms with Crippen LogP contribution in [0.4, 0.5) is 23.7 Å². The first kappa shape index (κ1) is 27.3. The first-order chi connectivity index (χ1) is 16.8. The van der Waals surface area contributed by atoms with Gasteiger partial charge in [0.2, 0.25) is 0 Å². The molecule has 0 saturated carbocycles. The van der Waals surface area contributed by atoms with E-state index in [1.165, 1.54) is 0 Å². The second kappa shape index (κ2) is 10.2. The second-order valence-electron chi connectivity index (χ2n) is 10.9. The molecular formula is C25H34BrF3N2O5. The molecule has 7 nitrogen and oxygen atoms in total. The van der Waals surface area contributed by atoms with Gasteiger partial charge in [-0.2, -0.15) is 13.2 Å². The van der Waals surface area contributed by atoms with E-state index in [2.05, 4.69) is 15.9 Å². The van der Waals surface area contributed by atoms with Crippen molar-refractivity contribution in [1.82, 2.24) is 4.90 Å². The van der Waals surface area contributed by atoms with Gasteiger partial charge in [-0.1, -0.05) is 0 Å². The predicted octanol–water partition coefficient (Wildman–Crippen LogP) is 5.98. The molecule has 2 fully saturated rings. The summed E-state index contributed by atoms with van der Waals surface area (Å²) in [5.74, 6) is 0.173. The van der Waals surface area contributed by atoms with E-state index in [-0.39, 0.29) is 31.3 Å². The van der Waals surface area contributed by atoms with Crippen LogP contribution in [0.25, 0.3) is 0 Å². The summed E-state index contributed by atoms with van der Waals surface area (Å²) in [6.07, 6.45) is -1.86. The fourth-order valence-electron chi connectivity index (χ4n) is 5.04.